The Balaban J connectivity index is 2.30. The first-order chi connectivity index (χ1) is 7.19. The van der Waals surface area contributed by atoms with Gasteiger partial charge in [-0.05, 0) is 12.0 Å². The fraction of sp³-hybridized carbons (Fsp3) is 0.889. The van der Waals surface area contributed by atoms with Gasteiger partial charge < -0.3 is 15.3 Å². The average Bonchev–Trinajstić information content (AvgIpc) is 2.65. The molecule has 0 saturated carbocycles. The molecule has 15 heavy (non-hydrogen) atoms. The van der Waals surface area contributed by atoms with Crippen molar-refractivity contribution in [1.82, 2.24) is 10.2 Å². The lowest BCUT2D eigenvalue weighted by Gasteiger charge is -2.21. The van der Waals surface area contributed by atoms with E-state index in [0.29, 0.717) is 5.54 Å². The predicted molar refractivity (Wildman–Crippen MR) is 63.7 cm³/mol. The number of nitrogens with zero attached hydrogens (tertiary/aromatic N) is 1. The van der Waals surface area contributed by atoms with Crippen LogP contribution in [0.3, 0.4) is 0 Å². The number of halogens is 1. The Kier molecular flexibility index (Phi) is 5.42. The Morgan fingerprint density at radius 3 is 2.93 bits per heavy atom. The van der Waals surface area contributed by atoms with Crippen LogP contribution in [0.2, 0.25) is 5.54 Å². The van der Waals surface area contributed by atoms with E-state index >= 15 is 0 Å². The molecule has 6 heteroatoms. The highest BCUT2D eigenvalue weighted by atomic mass is 35.6. The predicted octanol–water partition coefficient (Wildman–Crippen LogP) is 0.676. The molecule has 1 heterocycles. The third-order valence-corrected chi connectivity index (χ3v) is 6.58. The third-order valence-electron chi connectivity index (χ3n) is 2.93. The molecule has 88 valence electrons. The molecule has 2 unspecified atom stereocenters. The maximum Gasteiger partial charge on any atom is 0.317 e. The first-order valence-electron chi connectivity index (χ1n) is 5.46. The molecule has 2 amide bonds. The van der Waals surface area contributed by atoms with Crippen molar-refractivity contribution in [3.05, 3.63) is 0 Å². The molecule has 4 nitrogen and oxygen atoms in total. The maximum atomic E-state index is 11.3. The molecule has 0 aliphatic carbocycles. The normalized spacial score (nSPS) is 20.2. The molecule has 1 aliphatic rings. The van der Waals surface area contributed by atoms with E-state index in [1.807, 2.05) is 4.90 Å². The summed E-state index contributed by atoms with van der Waals surface area (Å²) in [4.78, 5) is 13.1. The highest BCUT2D eigenvalue weighted by Crippen LogP contribution is 2.22. The van der Waals surface area contributed by atoms with Crippen LogP contribution in [0, 0.1) is 0 Å². The van der Waals surface area contributed by atoms with E-state index in [2.05, 4.69) is 12.2 Å². The van der Waals surface area contributed by atoms with Crippen molar-refractivity contribution in [3.63, 3.8) is 0 Å². The number of aliphatic hydroxyl groups excluding tert-OH is 1. The number of amides is 2. The van der Waals surface area contributed by atoms with Crippen LogP contribution in [-0.4, -0.2) is 50.0 Å². The van der Waals surface area contributed by atoms with Crippen LogP contribution in [0.1, 0.15) is 19.8 Å². The van der Waals surface area contributed by atoms with Crippen LogP contribution in [0.5, 0.6) is 0 Å². The van der Waals surface area contributed by atoms with Gasteiger partial charge in [0, 0.05) is 25.9 Å². The molecule has 0 aromatic rings. The average molecular weight is 251 g/mol. The lowest BCUT2D eigenvalue weighted by molar-refractivity contribution is 0.216. The maximum absolute atomic E-state index is 11.3. The summed E-state index contributed by atoms with van der Waals surface area (Å²) in [5, 5.41) is 11.8. The number of aliphatic hydroxyl groups is 1. The molecule has 0 radical (unpaired) electrons. The van der Waals surface area contributed by atoms with Crippen LogP contribution < -0.4 is 5.32 Å². The van der Waals surface area contributed by atoms with Crippen molar-refractivity contribution in [2.45, 2.75) is 25.3 Å². The van der Waals surface area contributed by atoms with Gasteiger partial charge in [-0.2, -0.15) is 11.1 Å². The first kappa shape index (κ1) is 12.8. The summed E-state index contributed by atoms with van der Waals surface area (Å²) >= 11 is 6.12. The minimum absolute atomic E-state index is 0.0293. The quantitative estimate of drug-likeness (QED) is 0.538. The summed E-state index contributed by atoms with van der Waals surface area (Å²) in [5.74, 6) is 0. The molecule has 1 rings (SSSR count). The number of carbonyl (C=O) groups is 1. The van der Waals surface area contributed by atoms with Crippen molar-refractivity contribution in [2.24, 2.45) is 0 Å². The minimum atomic E-state index is -1.51. The zero-order valence-corrected chi connectivity index (χ0v) is 11.0. The molecule has 2 N–H and O–H groups in total. The van der Waals surface area contributed by atoms with Crippen molar-refractivity contribution in [2.75, 3.05) is 25.9 Å². The number of hydrogen-bond acceptors (Lipinski definition) is 2. The lowest BCUT2D eigenvalue weighted by atomic mass is 10.2. The minimum Gasteiger partial charge on any atom is -0.398 e. The Labute approximate surface area is 96.9 Å². The van der Waals surface area contributed by atoms with Crippen LogP contribution in [0.4, 0.5) is 4.79 Å². The van der Waals surface area contributed by atoms with Gasteiger partial charge in [-0.25, -0.2) is 4.79 Å². The van der Waals surface area contributed by atoms with Crippen LogP contribution in [0.15, 0.2) is 0 Å². The summed E-state index contributed by atoms with van der Waals surface area (Å²) in [7, 11) is -1.51. The van der Waals surface area contributed by atoms with Crippen LogP contribution in [0.25, 0.3) is 0 Å². The Morgan fingerprint density at radius 1 is 1.73 bits per heavy atom. The zero-order chi connectivity index (χ0) is 11.3. The SMILES string of the molecule is CCC(CCN1CCNC1=O)[SiH](Cl)CO. The van der Waals surface area contributed by atoms with E-state index in [1.165, 1.54) is 0 Å². The molecule has 1 saturated heterocycles. The van der Waals surface area contributed by atoms with Crippen molar-refractivity contribution < 1.29 is 9.90 Å². The summed E-state index contributed by atoms with van der Waals surface area (Å²) < 4.78 is 0. The van der Waals surface area contributed by atoms with Crippen molar-refractivity contribution in [1.29, 1.82) is 0 Å². The molecular weight excluding hydrogens is 232 g/mol. The molecule has 2 atom stereocenters. The number of hydrogen-bond donors (Lipinski definition) is 2. The topological polar surface area (TPSA) is 52.6 Å². The van der Waals surface area contributed by atoms with Gasteiger partial charge in [0.15, 0.2) is 8.11 Å². The van der Waals surface area contributed by atoms with Gasteiger partial charge in [0.1, 0.15) is 0 Å². The third kappa shape index (κ3) is 3.66. The smallest absolute Gasteiger partial charge is 0.317 e. The van der Waals surface area contributed by atoms with E-state index in [1.54, 1.807) is 0 Å². The van der Waals surface area contributed by atoms with Gasteiger partial charge in [0.2, 0.25) is 0 Å². The van der Waals surface area contributed by atoms with Crippen LogP contribution in [-0.2, 0) is 0 Å². The molecule has 0 spiro atoms. The van der Waals surface area contributed by atoms with Gasteiger partial charge in [-0.1, -0.05) is 13.3 Å². The standard InChI is InChI=1S/C9H19ClN2O2Si/c1-2-8(15(10)7-13)3-5-12-6-4-11-9(12)14/h8,13,15H,2-7H2,1H3,(H,11,14). The van der Waals surface area contributed by atoms with E-state index in [9.17, 15) is 4.79 Å². The second-order valence-corrected chi connectivity index (χ2v) is 7.90. The second kappa shape index (κ2) is 6.35. The first-order valence-corrected chi connectivity index (χ1v) is 8.69. The number of rotatable bonds is 6. The Bertz CT molecular complexity index is 218. The van der Waals surface area contributed by atoms with Gasteiger partial charge in [0.25, 0.3) is 0 Å². The van der Waals surface area contributed by atoms with Crippen LogP contribution >= 0.6 is 11.1 Å². The summed E-state index contributed by atoms with van der Waals surface area (Å²) in [6.45, 7) is 4.40. The molecule has 0 bridgehead atoms. The summed E-state index contributed by atoms with van der Waals surface area (Å²) in [5.41, 5.74) is 0.421. The van der Waals surface area contributed by atoms with Gasteiger partial charge in [0.05, 0.1) is 0 Å². The lowest BCUT2D eigenvalue weighted by Crippen LogP contribution is -2.31. The monoisotopic (exact) mass is 250 g/mol. The van der Waals surface area contributed by atoms with E-state index in [4.69, 9.17) is 16.2 Å². The number of carbonyl (C=O) groups excluding carboxylic acids is 1. The number of urea groups is 1. The molecule has 0 aromatic carbocycles. The summed E-state index contributed by atoms with van der Waals surface area (Å²) in [6.07, 6.45) is 2.06. The number of nitrogens with one attached hydrogen (secondary N) is 1. The van der Waals surface area contributed by atoms with Crippen molar-refractivity contribution in [3.8, 4) is 0 Å². The van der Waals surface area contributed by atoms with Crippen molar-refractivity contribution >= 4 is 25.2 Å². The molecule has 1 aliphatic heterocycles. The molecule has 0 aromatic heterocycles. The molecule has 1 fully saturated rings. The highest BCUT2D eigenvalue weighted by Gasteiger charge is 2.23. The van der Waals surface area contributed by atoms with E-state index < -0.39 is 8.11 Å². The van der Waals surface area contributed by atoms with Gasteiger partial charge >= 0.3 is 6.03 Å². The van der Waals surface area contributed by atoms with E-state index in [0.717, 1.165) is 32.5 Å². The van der Waals surface area contributed by atoms with E-state index in [-0.39, 0.29) is 12.3 Å². The highest BCUT2D eigenvalue weighted by molar-refractivity contribution is 7.07. The fourth-order valence-corrected chi connectivity index (χ4v) is 4.07. The van der Waals surface area contributed by atoms with Gasteiger partial charge in [-0.15, -0.1) is 0 Å². The Hall–Kier alpha value is -0.263. The largest absolute Gasteiger partial charge is 0.398 e. The Morgan fingerprint density at radius 2 is 2.47 bits per heavy atom. The molecular formula is C9H19ClN2O2Si. The fourth-order valence-electron chi connectivity index (χ4n) is 1.84. The zero-order valence-electron chi connectivity index (χ0n) is 9.08. The van der Waals surface area contributed by atoms with Gasteiger partial charge in [-0.3, -0.25) is 0 Å². The summed E-state index contributed by atoms with van der Waals surface area (Å²) in [6, 6.07) is 0.0293. The second-order valence-electron chi connectivity index (χ2n) is 3.87.